The van der Waals surface area contributed by atoms with Gasteiger partial charge in [0.15, 0.2) is 0 Å². The molecule has 2 unspecified atom stereocenters. The average Bonchev–Trinajstić information content (AvgIpc) is 3.33. The molecule has 0 radical (unpaired) electrons. The van der Waals surface area contributed by atoms with Crippen LogP contribution in [0.3, 0.4) is 0 Å². The number of hydrogen-bond acceptors (Lipinski definition) is 3. The summed E-state index contributed by atoms with van der Waals surface area (Å²) >= 11 is 0. The lowest BCUT2D eigenvalue weighted by Crippen LogP contribution is -2.43. The van der Waals surface area contributed by atoms with E-state index >= 15 is 0 Å². The third-order valence-electron chi connectivity index (χ3n) is 16.7. The van der Waals surface area contributed by atoms with Crippen molar-refractivity contribution < 1.29 is 14.6 Å². The molecular formula is C70H130O3. The minimum absolute atomic E-state index is 0.284. The second-order valence-electron chi connectivity index (χ2n) is 25.8. The molecule has 0 aromatic heterocycles. The van der Waals surface area contributed by atoms with Gasteiger partial charge in [0.2, 0.25) is 0 Å². The van der Waals surface area contributed by atoms with E-state index in [9.17, 15) is 5.11 Å². The standard InChI is InChI=1S/C70H130O3/c1-13-14-15-16-17-18-19-20-21-22-23-24-25-26-27-28-29-30-31-32-33-53-66-56-67(72-12)58-68(57-66)73-69(70(11,71)55-40-52-65(10)50-38-46-62(7)44-35-42-60(4)5)54-39-51-64(9)49-37-48-63(8)47-36-45-61(6)43-34-41-59(2)3/h20-21,51,56-63,65,69,71H,13-19,22-50,52-55H2,1-12H3/b21-20-,64-51+/t61-,62-,63-,65-,69?,70?/m1/s1. The highest BCUT2D eigenvalue weighted by Gasteiger charge is 2.33. The largest absolute Gasteiger partial charge is 0.497 e. The van der Waals surface area contributed by atoms with E-state index in [-0.39, 0.29) is 6.10 Å². The quantitative estimate of drug-likeness (QED) is 0.0522. The van der Waals surface area contributed by atoms with Gasteiger partial charge in [-0.15, -0.1) is 0 Å². The summed E-state index contributed by atoms with van der Waals surface area (Å²) in [4.78, 5) is 0. The van der Waals surface area contributed by atoms with E-state index in [1.54, 1.807) is 7.11 Å². The Hall–Kier alpha value is -1.74. The zero-order chi connectivity index (χ0) is 53.8. The Balaban J connectivity index is 2.67. The van der Waals surface area contributed by atoms with Crippen LogP contribution in [0.15, 0.2) is 42.0 Å². The van der Waals surface area contributed by atoms with Gasteiger partial charge in [-0.05, 0) is 138 Å². The Morgan fingerprint density at radius 2 is 0.890 bits per heavy atom. The first kappa shape index (κ1) is 69.3. The fraction of sp³-hybridized carbons (Fsp3) is 0.857. The monoisotopic (exact) mass is 1020 g/mol. The first-order valence-corrected chi connectivity index (χ1v) is 32.5. The number of rotatable bonds is 52. The molecule has 0 amide bonds. The molecule has 6 atom stereocenters. The van der Waals surface area contributed by atoms with Crippen LogP contribution in [0.5, 0.6) is 11.5 Å². The van der Waals surface area contributed by atoms with Crippen LogP contribution in [-0.4, -0.2) is 23.9 Å². The van der Waals surface area contributed by atoms with Crippen molar-refractivity contribution >= 4 is 0 Å². The molecular weight excluding hydrogens is 889 g/mol. The van der Waals surface area contributed by atoms with Crippen molar-refractivity contribution in [3.63, 3.8) is 0 Å². The van der Waals surface area contributed by atoms with Gasteiger partial charge >= 0.3 is 0 Å². The lowest BCUT2D eigenvalue weighted by atomic mass is 9.86. The highest BCUT2D eigenvalue weighted by molar-refractivity contribution is 5.39. The Bertz CT molecular complexity index is 1420. The second kappa shape index (κ2) is 46.4. The van der Waals surface area contributed by atoms with Crippen LogP contribution < -0.4 is 9.47 Å². The molecule has 1 rings (SSSR count). The van der Waals surface area contributed by atoms with E-state index in [1.165, 1.54) is 236 Å². The summed E-state index contributed by atoms with van der Waals surface area (Å²) in [6, 6.07) is 6.48. The molecule has 0 fully saturated rings. The first-order valence-electron chi connectivity index (χ1n) is 32.5. The van der Waals surface area contributed by atoms with Crippen LogP contribution in [0.1, 0.15) is 332 Å². The Morgan fingerprint density at radius 3 is 1.36 bits per heavy atom. The van der Waals surface area contributed by atoms with Crippen molar-refractivity contribution in [2.24, 2.45) is 35.5 Å². The molecule has 1 N–H and O–H groups in total. The minimum atomic E-state index is -0.916. The summed E-state index contributed by atoms with van der Waals surface area (Å²) in [6.07, 6.45) is 58.7. The maximum absolute atomic E-state index is 12.3. The SMILES string of the molecule is CCCCCCCC/C=C\CCCCCCCCCCCCCc1cc(OC)cc(OC(CC/C=C(\C)CCC[C@H](C)CCC[C@H](C)CCCC(C)C)C(C)(O)CCC[C@H](C)CCC[C@H](C)CCCC(C)C)c1. The molecule has 428 valence electrons. The van der Waals surface area contributed by atoms with E-state index in [1.807, 2.05) is 13.0 Å². The molecule has 0 aliphatic heterocycles. The normalized spacial score (nSPS) is 15.3. The minimum Gasteiger partial charge on any atom is -0.497 e. The maximum Gasteiger partial charge on any atom is 0.127 e. The van der Waals surface area contributed by atoms with Gasteiger partial charge in [-0.25, -0.2) is 0 Å². The van der Waals surface area contributed by atoms with Crippen LogP contribution in [0.4, 0.5) is 0 Å². The molecule has 0 aliphatic rings. The predicted molar refractivity (Wildman–Crippen MR) is 327 cm³/mol. The summed E-state index contributed by atoms with van der Waals surface area (Å²) < 4.78 is 12.8. The number of allylic oxidation sites excluding steroid dienone is 4. The Morgan fingerprint density at radius 1 is 0.479 bits per heavy atom. The van der Waals surface area contributed by atoms with Crippen LogP contribution in [0, 0.1) is 35.5 Å². The fourth-order valence-corrected chi connectivity index (χ4v) is 11.3. The molecule has 0 saturated heterocycles. The van der Waals surface area contributed by atoms with Gasteiger partial charge in [0, 0.05) is 6.07 Å². The van der Waals surface area contributed by atoms with Crippen molar-refractivity contribution in [2.45, 2.75) is 345 Å². The van der Waals surface area contributed by atoms with E-state index in [2.05, 4.69) is 99.6 Å². The lowest BCUT2D eigenvalue weighted by Gasteiger charge is -2.34. The summed E-state index contributed by atoms with van der Waals surface area (Å²) in [5.74, 6) is 6.54. The zero-order valence-corrected chi connectivity index (χ0v) is 51.6. The number of hydrogen-bond donors (Lipinski definition) is 1. The predicted octanol–water partition coefficient (Wildman–Crippen LogP) is 23.3. The number of benzene rings is 1. The summed E-state index contributed by atoms with van der Waals surface area (Å²) in [7, 11) is 1.77. The van der Waals surface area contributed by atoms with Gasteiger partial charge in [-0.3, -0.25) is 0 Å². The van der Waals surface area contributed by atoms with Gasteiger partial charge in [0.25, 0.3) is 0 Å². The Kier molecular flexibility index (Phi) is 44.0. The smallest absolute Gasteiger partial charge is 0.127 e. The average molecular weight is 1020 g/mol. The van der Waals surface area contributed by atoms with Crippen molar-refractivity contribution in [2.75, 3.05) is 7.11 Å². The Labute approximate surface area is 458 Å². The highest BCUT2D eigenvalue weighted by Crippen LogP contribution is 2.32. The number of aryl methyl sites for hydroxylation is 1. The molecule has 0 saturated carbocycles. The van der Waals surface area contributed by atoms with Crippen molar-refractivity contribution in [3.8, 4) is 11.5 Å². The van der Waals surface area contributed by atoms with Crippen LogP contribution in [-0.2, 0) is 6.42 Å². The highest BCUT2D eigenvalue weighted by atomic mass is 16.5. The van der Waals surface area contributed by atoms with E-state index in [0.717, 1.165) is 73.2 Å². The number of unbranched alkanes of at least 4 members (excludes halogenated alkanes) is 17. The fourth-order valence-electron chi connectivity index (χ4n) is 11.3. The van der Waals surface area contributed by atoms with Gasteiger partial charge < -0.3 is 14.6 Å². The number of aliphatic hydroxyl groups is 1. The van der Waals surface area contributed by atoms with Crippen LogP contribution in [0.25, 0.3) is 0 Å². The van der Waals surface area contributed by atoms with E-state index in [4.69, 9.17) is 9.47 Å². The molecule has 1 aromatic rings. The van der Waals surface area contributed by atoms with Crippen molar-refractivity contribution in [1.82, 2.24) is 0 Å². The van der Waals surface area contributed by atoms with Gasteiger partial charge in [-0.2, -0.15) is 0 Å². The summed E-state index contributed by atoms with van der Waals surface area (Å²) in [6.45, 7) is 25.9. The van der Waals surface area contributed by atoms with E-state index < -0.39 is 5.60 Å². The molecule has 0 spiro atoms. The van der Waals surface area contributed by atoms with E-state index in [0.29, 0.717) is 5.92 Å². The van der Waals surface area contributed by atoms with Gasteiger partial charge in [0.05, 0.1) is 12.7 Å². The number of methoxy groups -OCH3 is 1. The molecule has 3 nitrogen and oxygen atoms in total. The van der Waals surface area contributed by atoms with Gasteiger partial charge in [-0.1, -0.05) is 272 Å². The van der Waals surface area contributed by atoms with Gasteiger partial charge in [0.1, 0.15) is 17.6 Å². The molecule has 3 heteroatoms. The third-order valence-corrected chi connectivity index (χ3v) is 16.7. The zero-order valence-electron chi connectivity index (χ0n) is 51.6. The van der Waals surface area contributed by atoms with Crippen molar-refractivity contribution in [3.05, 3.63) is 47.6 Å². The lowest BCUT2D eigenvalue weighted by molar-refractivity contribution is -0.0585. The van der Waals surface area contributed by atoms with Crippen molar-refractivity contribution in [1.29, 1.82) is 0 Å². The molecule has 0 heterocycles. The third kappa shape index (κ3) is 42.0. The molecule has 73 heavy (non-hydrogen) atoms. The molecule has 1 aromatic carbocycles. The second-order valence-corrected chi connectivity index (χ2v) is 25.8. The number of ether oxygens (including phenoxy) is 2. The summed E-state index contributed by atoms with van der Waals surface area (Å²) in [5.41, 5.74) is 1.85. The van der Waals surface area contributed by atoms with Crippen LogP contribution >= 0.6 is 0 Å². The van der Waals surface area contributed by atoms with Crippen LogP contribution in [0.2, 0.25) is 0 Å². The molecule has 0 aliphatic carbocycles. The maximum atomic E-state index is 12.3. The first-order chi connectivity index (χ1) is 35.1. The molecule has 0 bridgehead atoms. The summed E-state index contributed by atoms with van der Waals surface area (Å²) in [5, 5.41) is 12.3. The topological polar surface area (TPSA) is 38.7 Å².